The van der Waals surface area contributed by atoms with Crippen LogP contribution in [0.1, 0.15) is 17.5 Å². The standard InChI is InChI=1S/C35H50N2O12/c36-9-13-46-34-25-28(3-7-32(34)48-23-21-44-19-17-42-15-11-38)1-5-30(40)27-31(41)6-2-29-4-8-33(35(26-29)47-14-10-37)49-24-22-45-20-18-43-16-12-39/h1-8,25-26,38-39H,9-24,27,36-37H2/p+2/b5-1+,6-2+. The van der Waals surface area contributed by atoms with E-state index in [-0.39, 0.29) is 44.4 Å². The number of ether oxygens (including phenoxy) is 8. The molecular formula is C35H52N2O12+2. The molecule has 272 valence electrons. The predicted molar refractivity (Wildman–Crippen MR) is 181 cm³/mol. The number of allylic oxidation sites excluding steroid dienone is 2. The number of ketones is 2. The van der Waals surface area contributed by atoms with E-state index in [9.17, 15) is 9.59 Å². The van der Waals surface area contributed by atoms with Crippen LogP contribution in [0.5, 0.6) is 23.0 Å². The fraction of sp³-hybridized carbons (Fsp3) is 0.486. The molecule has 14 nitrogen and oxygen atoms in total. The quantitative estimate of drug-likeness (QED) is 0.0485. The molecule has 0 saturated carbocycles. The van der Waals surface area contributed by atoms with Crippen molar-refractivity contribution in [3.63, 3.8) is 0 Å². The van der Waals surface area contributed by atoms with E-state index in [0.29, 0.717) is 113 Å². The molecule has 0 aromatic heterocycles. The molecule has 0 bridgehead atoms. The molecule has 2 aromatic rings. The third-order valence-corrected chi connectivity index (χ3v) is 6.20. The van der Waals surface area contributed by atoms with E-state index < -0.39 is 0 Å². The Hall–Kier alpha value is -3.86. The monoisotopic (exact) mass is 692 g/mol. The molecule has 2 aromatic carbocycles. The van der Waals surface area contributed by atoms with Gasteiger partial charge in [0.1, 0.15) is 39.5 Å². The number of carbonyl (C=O) groups excluding carboxylic acids is 2. The highest BCUT2D eigenvalue weighted by Gasteiger charge is 2.10. The molecule has 0 aliphatic rings. The maximum absolute atomic E-state index is 12.6. The summed E-state index contributed by atoms with van der Waals surface area (Å²) in [5.41, 5.74) is 9.01. The molecule has 2 rings (SSSR count). The first-order valence-electron chi connectivity index (χ1n) is 16.3. The van der Waals surface area contributed by atoms with Crippen LogP contribution < -0.4 is 30.4 Å². The lowest BCUT2D eigenvalue weighted by Gasteiger charge is -2.13. The van der Waals surface area contributed by atoms with Crippen LogP contribution in [-0.2, 0) is 28.5 Å². The summed E-state index contributed by atoms with van der Waals surface area (Å²) in [7, 11) is 0. The second-order valence-corrected chi connectivity index (χ2v) is 10.2. The van der Waals surface area contributed by atoms with E-state index in [4.69, 9.17) is 48.1 Å². The Balaban J connectivity index is 1.88. The molecule has 0 aliphatic carbocycles. The molecule has 0 atom stereocenters. The molecule has 0 amide bonds. The van der Waals surface area contributed by atoms with Gasteiger partial charge in [-0.1, -0.05) is 24.3 Å². The van der Waals surface area contributed by atoms with Crippen molar-refractivity contribution < 1.29 is 69.2 Å². The Morgan fingerprint density at radius 3 is 1.27 bits per heavy atom. The van der Waals surface area contributed by atoms with Gasteiger partial charge in [-0.15, -0.1) is 0 Å². The SMILES string of the molecule is [NH3+]CCOc1cc(/C=C/C(=O)CC(=O)/C=C/c2ccc(OCCOCCOCCO)c(OCC[NH3+])c2)ccc1OCCOCCOCCO. The van der Waals surface area contributed by atoms with Crippen LogP contribution in [0, 0.1) is 0 Å². The molecule has 0 aliphatic heterocycles. The Kier molecular flexibility index (Phi) is 22.8. The summed E-state index contributed by atoms with van der Waals surface area (Å²) in [6.45, 7) is 5.25. The summed E-state index contributed by atoms with van der Waals surface area (Å²) in [5, 5.41) is 17.4. The number of aliphatic hydroxyl groups excluding tert-OH is 2. The highest BCUT2D eigenvalue weighted by Crippen LogP contribution is 2.30. The van der Waals surface area contributed by atoms with Crippen molar-refractivity contribution in [1.29, 1.82) is 0 Å². The average Bonchev–Trinajstić information content (AvgIpc) is 3.11. The number of hydrogen-bond acceptors (Lipinski definition) is 12. The number of quaternary nitrogens is 2. The fourth-order valence-corrected chi connectivity index (χ4v) is 3.95. The summed E-state index contributed by atoms with van der Waals surface area (Å²) in [6, 6.07) is 10.6. The second kappa shape index (κ2) is 27.0. The van der Waals surface area contributed by atoms with Crippen LogP contribution in [0.4, 0.5) is 0 Å². The van der Waals surface area contributed by atoms with Crippen LogP contribution in [0.3, 0.4) is 0 Å². The predicted octanol–water partition coefficient (Wildman–Crippen LogP) is -0.00850. The van der Waals surface area contributed by atoms with Crippen molar-refractivity contribution >= 4 is 23.7 Å². The lowest BCUT2D eigenvalue weighted by Crippen LogP contribution is -2.52. The minimum Gasteiger partial charge on any atom is -0.487 e. The van der Waals surface area contributed by atoms with E-state index in [2.05, 4.69) is 11.5 Å². The Morgan fingerprint density at radius 1 is 0.510 bits per heavy atom. The van der Waals surface area contributed by atoms with Gasteiger partial charge < -0.3 is 59.6 Å². The molecule has 8 N–H and O–H groups in total. The Morgan fingerprint density at radius 2 is 0.878 bits per heavy atom. The van der Waals surface area contributed by atoms with E-state index in [1.165, 1.54) is 12.2 Å². The van der Waals surface area contributed by atoms with Gasteiger partial charge in [-0.3, -0.25) is 9.59 Å². The van der Waals surface area contributed by atoms with Crippen LogP contribution in [0.25, 0.3) is 12.2 Å². The van der Waals surface area contributed by atoms with E-state index in [0.717, 1.165) is 0 Å². The first-order valence-corrected chi connectivity index (χ1v) is 16.3. The highest BCUT2D eigenvalue weighted by molar-refractivity contribution is 6.10. The Bertz CT molecular complexity index is 1180. The number of benzene rings is 2. The fourth-order valence-electron chi connectivity index (χ4n) is 3.95. The van der Waals surface area contributed by atoms with Gasteiger partial charge in [-0.2, -0.15) is 0 Å². The molecule has 0 unspecified atom stereocenters. The summed E-state index contributed by atoms with van der Waals surface area (Å²) in [4.78, 5) is 25.1. The summed E-state index contributed by atoms with van der Waals surface area (Å²) < 4.78 is 44.4. The molecule has 14 heteroatoms. The minimum atomic E-state index is -0.347. The van der Waals surface area contributed by atoms with Gasteiger partial charge in [-0.05, 0) is 47.5 Å². The Labute approximate surface area is 287 Å². The van der Waals surface area contributed by atoms with Crippen molar-refractivity contribution in [3.05, 3.63) is 59.7 Å². The van der Waals surface area contributed by atoms with Gasteiger partial charge in [0, 0.05) is 0 Å². The molecule has 0 spiro atoms. The van der Waals surface area contributed by atoms with Crippen LogP contribution in [-0.4, -0.2) is 127 Å². The lowest BCUT2D eigenvalue weighted by molar-refractivity contribution is -0.371. The van der Waals surface area contributed by atoms with Gasteiger partial charge in [0.25, 0.3) is 0 Å². The van der Waals surface area contributed by atoms with E-state index >= 15 is 0 Å². The second-order valence-electron chi connectivity index (χ2n) is 10.2. The number of rotatable bonds is 30. The van der Waals surface area contributed by atoms with Crippen molar-refractivity contribution in [2.75, 3.05) is 106 Å². The summed E-state index contributed by atoms with van der Waals surface area (Å²) in [5.74, 6) is 1.38. The van der Waals surface area contributed by atoms with Crippen molar-refractivity contribution in [2.24, 2.45) is 0 Å². The molecule has 0 heterocycles. The highest BCUT2D eigenvalue weighted by atomic mass is 16.6. The lowest BCUT2D eigenvalue weighted by atomic mass is 10.1. The van der Waals surface area contributed by atoms with Crippen LogP contribution >= 0.6 is 0 Å². The van der Waals surface area contributed by atoms with Gasteiger partial charge in [0.15, 0.2) is 34.6 Å². The average molecular weight is 693 g/mol. The normalized spacial score (nSPS) is 11.3. The van der Waals surface area contributed by atoms with Gasteiger partial charge in [0.2, 0.25) is 0 Å². The van der Waals surface area contributed by atoms with E-state index in [1.807, 2.05) is 0 Å². The largest absolute Gasteiger partial charge is 0.487 e. The minimum absolute atomic E-state index is 0.0272. The molecular weight excluding hydrogens is 640 g/mol. The summed E-state index contributed by atoms with van der Waals surface area (Å²) in [6.07, 6.45) is 5.68. The first kappa shape index (κ1) is 41.3. The van der Waals surface area contributed by atoms with Gasteiger partial charge in [-0.25, -0.2) is 0 Å². The number of aliphatic hydroxyl groups is 2. The van der Waals surface area contributed by atoms with Crippen molar-refractivity contribution in [3.8, 4) is 23.0 Å². The molecule has 0 fully saturated rings. The first-order chi connectivity index (χ1) is 24.0. The molecule has 0 radical (unpaired) electrons. The number of hydrogen-bond donors (Lipinski definition) is 4. The maximum Gasteiger partial charge on any atom is 0.163 e. The zero-order chi connectivity index (χ0) is 35.4. The topological polar surface area (TPSA) is 204 Å². The molecule has 0 saturated heterocycles. The van der Waals surface area contributed by atoms with Crippen LogP contribution in [0.15, 0.2) is 48.6 Å². The third-order valence-electron chi connectivity index (χ3n) is 6.20. The van der Waals surface area contributed by atoms with E-state index in [1.54, 1.807) is 48.6 Å². The van der Waals surface area contributed by atoms with Gasteiger partial charge in [0.05, 0.1) is 72.5 Å². The van der Waals surface area contributed by atoms with Crippen molar-refractivity contribution in [1.82, 2.24) is 0 Å². The maximum atomic E-state index is 12.6. The summed E-state index contributed by atoms with van der Waals surface area (Å²) >= 11 is 0. The zero-order valence-corrected chi connectivity index (χ0v) is 28.2. The van der Waals surface area contributed by atoms with Crippen LogP contribution in [0.2, 0.25) is 0 Å². The third kappa shape index (κ3) is 19.1. The molecule has 49 heavy (non-hydrogen) atoms. The van der Waals surface area contributed by atoms with Gasteiger partial charge >= 0.3 is 0 Å². The smallest absolute Gasteiger partial charge is 0.163 e. The number of carbonyl (C=O) groups is 2. The van der Waals surface area contributed by atoms with Crippen molar-refractivity contribution in [2.45, 2.75) is 6.42 Å². The zero-order valence-electron chi connectivity index (χ0n) is 28.2.